The van der Waals surface area contributed by atoms with Crippen molar-refractivity contribution in [1.29, 1.82) is 0 Å². The zero-order chi connectivity index (χ0) is 21.4. The van der Waals surface area contributed by atoms with Crippen LogP contribution in [0.3, 0.4) is 0 Å². The third kappa shape index (κ3) is 7.81. The predicted molar refractivity (Wildman–Crippen MR) is 94.8 cm³/mol. The van der Waals surface area contributed by atoms with Gasteiger partial charge in [0, 0.05) is 27.7 Å². The molecule has 1 saturated heterocycles. The van der Waals surface area contributed by atoms with Gasteiger partial charge in [0.25, 0.3) is 0 Å². The molecule has 0 saturated carbocycles. The van der Waals surface area contributed by atoms with E-state index in [0.29, 0.717) is 6.61 Å². The van der Waals surface area contributed by atoms with Crippen molar-refractivity contribution in [3.63, 3.8) is 0 Å². The van der Waals surface area contributed by atoms with Gasteiger partial charge in [0.05, 0.1) is 6.61 Å². The lowest BCUT2D eigenvalue weighted by Gasteiger charge is -2.45. The Morgan fingerprint density at radius 1 is 0.929 bits per heavy atom. The van der Waals surface area contributed by atoms with Gasteiger partial charge in [-0.3, -0.25) is 19.2 Å². The Bertz CT molecular complexity index is 577. The molecule has 1 aliphatic rings. The highest BCUT2D eigenvalue weighted by molar-refractivity contribution is 5.73. The van der Waals surface area contributed by atoms with Crippen molar-refractivity contribution >= 4 is 23.8 Å². The molecule has 0 radical (unpaired) electrons. The number of hydrogen-bond acceptors (Lipinski definition) is 9. The van der Waals surface area contributed by atoms with Gasteiger partial charge in [0.2, 0.25) is 5.91 Å². The Morgan fingerprint density at radius 3 is 1.96 bits per heavy atom. The number of ether oxygens (including phenoxy) is 5. The first-order chi connectivity index (χ1) is 13.0. The van der Waals surface area contributed by atoms with Gasteiger partial charge >= 0.3 is 17.9 Å². The van der Waals surface area contributed by atoms with Crippen molar-refractivity contribution in [3.05, 3.63) is 0 Å². The van der Waals surface area contributed by atoms with Gasteiger partial charge in [-0.2, -0.15) is 0 Å². The minimum absolute atomic E-state index is 0.159. The largest absolute Gasteiger partial charge is 0.463 e. The Hall–Kier alpha value is -2.20. The SMILES string of the molecule is CC(=O)N[C@H]1[C@@H](OCC(C)C)O[C@@H](COC(C)=O)[C@@H](OC(C)=O)[C@@H]1OC(C)=O. The summed E-state index contributed by atoms with van der Waals surface area (Å²) in [5.74, 6) is -2.11. The van der Waals surface area contributed by atoms with Crippen LogP contribution in [0.25, 0.3) is 0 Å². The van der Waals surface area contributed by atoms with E-state index < -0.39 is 54.5 Å². The lowest BCUT2D eigenvalue weighted by molar-refractivity contribution is -0.279. The maximum Gasteiger partial charge on any atom is 0.303 e. The molecular formula is C18H29NO9. The lowest BCUT2D eigenvalue weighted by Crippen LogP contribution is -2.66. The highest BCUT2D eigenvalue weighted by Gasteiger charge is 2.51. The summed E-state index contributed by atoms with van der Waals surface area (Å²) in [4.78, 5) is 46.2. The molecule has 1 aliphatic heterocycles. The quantitative estimate of drug-likeness (QED) is 0.450. The first-order valence-electron chi connectivity index (χ1n) is 9.03. The second kappa shape index (κ2) is 11.0. The minimum Gasteiger partial charge on any atom is -0.463 e. The summed E-state index contributed by atoms with van der Waals surface area (Å²) in [6.45, 7) is 8.79. The van der Waals surface area contributed by atoms with E-state index in [2.05, 4.69) is 5.32 Å². The maximum absolute atomic E-state index is 11.7. The maximum atomic E-state index is 11.7. The number of amides is 1. The van der Waals surface area contributed by atoms with Crippen LogP contribution in [0.5, 0.6) is 0 Å². The van der Waals surface area contributed by atoms with Crippen LogP contribution in [0.4, 0.5) is 0 Å². The molecule has 0 aromatic rings. The van der Waals surface area contributed by atoms with E-state index in [1.54, 1.807) is 0 Å². The lowest BCUT2D eigenvalue weighted by atomic mass is 9.96. The zero-order valence-electron chi connectivity index (χ0n) is 17.1. The average molecular weight is 403 g/mol. The van der Waals surface area contributed by atoms with Crippen molar-refractivity contribution in [2.24, 2.45) is 5.92 Å². The van der Waals surface area contributed by atoms with Crippen LogP contribution in [-0.2, 0) is 42.9 Å². The van der Waals surface area contributed by atoms with Gasteiger partial charge in [-0.05, 0) is 5.92 Å². The molecule has 0 unspecified atom stereocenters. The van der Waals surface area contributed by atoms with Crippen LogP contribution in [0.15, 0.2) is 0 Å². The summed E-state index contributed by atoms with van der Waals surface area (Å²) in [6.07, 6.45) is -4.18. The van der Waals surface area contributed by atoms with E-state index >= 15 is 0 Å². The molecular weight excluding hydrogens is 374 g/mol. The second-order valence-corrected chi connectivity index (χ2v) is 6.95. The fourth-order valence-corrected chi connectivity index (χ4v) is 2.72. The summed E-state index contributed by atoms with van der Waals surface area (Å²) in [5, 5.41) is 2.63. The first-order valence-corrected chi connectivity index (χ1v) is 9.03. The third-order valence-corrected chi connectivity index (χ3v) is 3.67. The molecule has 160 valence electrons. The summed E-state index contributed by atoms with van der Waals surface area (Å²) in [5.41, 5.74) is 0. The molecule has 10 nitrogen and oxygen atoms in total. The van der Waals surface area contributed by atoms with E-state index in [1.165, 1.54) is 27.7 Å². The van der Waals surface area contributed by atoms with Crippen LogP contribution in [0, 0.1) is 5.92 Å². The summed E-state index contributed by atoms with van der Waals surface area (Å²) in [7, 11) is 0. The van der Waals surface area contributed by atoms with Crippen molar-refractivity contribution in [1.82, 2.24) is 5.32 Å². The van der Waals surface area contributed by atoms with E-state index in [9.17, 15) is 19.2 Å². The number of rotatable bonds is 8. The van der Waals surface area contributed by atoms with E-state index in [-0.39, 0.29) is 12.5 Å². The van der Waals surface area contributed by atoms with Crippen molar-refractivity contribution in [3.8, 4) is 0 Å². The van der Waals surface area contributed by atoms with Gasteiger partial charge < -0.3 is 29.0 Å². The molecule has 0 aromatic carbocycles. The number of esters is 3. The number of nitrogens with one attached hydrogen (secondary N) is 1. The number of carbonyl (C=O) groups is 4. The summed E-state index contributed by atoms with van der Waals surface area (Å²) in [6, 6.07) is -0.932. The number of hydrogen-bond donors (Lipinski definition) is 1. The van der Waals surface area contributed by atoms with Crippen LogP contribution in [0.2, 0.25) is 0 Å². The molecule has 0 bridgehead atoms. The average Bonchev–Trinajstić information content (AvgIpc) is 2.54. The molecule has 1 fully saturated rings. The van der Waals surface area contributed by atoms with Crippen LogP contribution in [0.1, 0.15) is 41.5 Å². The molecule has 1 amide bonds. The summed E-state index contributed by atoms with van der Waals surface area (Å²) < 4.78 is 27.2. The summed E-state index contributed by atoms with van der Waals surface area (Å²) >= 11 is 0. The fourth-order valence-electron chi connectivity index (χ4n) is 2.72. The van der Waals surface area contributed by atoms with Gasteiger partial charge in [0.1, 0.15) is 18.8 Å². The monoisotopic (exact) mass is 403 g/mol. The Labute approximate surface area is 164 Å². The highest BCUT2D eigenvalue weighted by Crippen LogP contribution is 2.28. The predicted octanol–water partition coefficient (Wildman–Crippen LogP) is 0.315. The molecule has 0 spiro atoms. The Balaban J connectivity index is 3.24. The third-order valence-electron chi connectivity index (χ3n) is 3.67. The molecule has 0 aliphatic carbocycles. The smallest absolute Gasteiger partial charge is 0.303 e. The van der Waals surface area contributed by atoms with Gasteiger partial charge in [0.15, 0.2) is 18.5 Å². The topological polar surface area (TPSA) is 126 Å². The fraction of sp³-hybridized carbons (Fsp3) is 0.778. The second-order valence-electron chi connectivity index (χ2n) is 6.95. The van der Waals surface area contributed by atoms with Gasteiger partial charge in [-0.1, -0.05) is 13.8 Å². The normalized spacial score (nSPS) is 27.0. The molecule has 0 aromatic heterocycles. The van der Waals surface area contributed by atoms with E-state index in [0.717, 1.165) is 0 Å². The molecule has 28 heavy (non-hydrogen) atoms. The van der Waals surface area contributed by atoms with E-state index in [4.69, 9.17) is 23.7 Å². The first kappa shape index (κ1) is 23.8. The molecule has 1 rings (SSSR count). The molecule has 1 heterocycles. The van der Waals surface area contributed by atoms with Crippen LogP contribution in [-0.4, -0.2) is 67.7 Å². The van der Waals surface area contributed by atoms with Crippen LogP contribution >= 0.6 is 0 Å². The van der Waals surface area contributed by atoms with Crippen molar-refractivity contribution in [2.45, 2.75) is 72.2 Å². The molecule has 10 heteroatoms. The standard InChI is InChI=1S/C18H29NO9/c1-9(2)7-25-18-15(19-10(3)20)17(27-13(6)23)16(26-12(5)22)14(28-18)8-24-11(4)21/h9,14-18H,7-8H2,1-6H3,(H,19,20)/t14-,15+,16+,17+,18-/m0/s1. The van der Waals surface area contributed by atoms with Crippen molar-refractivity contribution in [2.75, 3.05) is 13.2 Å². The molecule has 1 N–H and O–H groups in total. The Morgan fingerprint density at radius 2 is 1.50 bits per heavy atom. The molecule has 5 atom stereocenters. The van der Waals surface area contributed by atoms with E-state index in [1.807, 2.05) is 13.8 Å². The number of carbonyl (C=O) groups excluding carboxylic acids is 4. The van der Waals surface area contributed by atoms with Crippen LogP contribution < -0.4 is 5.32 Å². The Kier molecular flexibility index (Phi) is 9.33. The van der Waals surface area contributed by atoms with Gasteiger partial charge in [-0.25, -0.2) is 0 Å². The van der Waals surface area contributed by atoms with Gasteiger partial charge in [-0.15, -0.1) is 0 Å². The zero-order valence-corrected chi connectivity index (χ0v) is 17.1. The minimum atomic E-state index is -1.11. The van der Waals surface area contributed by atoms with Crippen molar-refractivity contribution < 1.29 is 42.9 Å². The highest BCUT2D eigenvalue weighted by atomic mass is 16.7.